The molecule has 11 heavy (non-hydrogen) atoms. The van der Waals surface area contributed by atoms with Crippen LogP contribution in [-0.2, 0) is 9.59 Å². The van der Waals surface area contributed by atoms with Gasteiger partial charge in [0.2, 0.25) is 5.89 Å². The number of oxazole rings is 1. The monoisotopic (exact) mass is 217 g/mol. The fourth-order valence-corrected chi connectivity index (χ4v) is 0.597. The summed E-state index contributed by atoms with van der Waals surface area (Å²) in [6.07, 6.45) is 5.10. The second kappa shape index (κ2) is 6.92. The molecular weight excluding hydrogens is 214 g/mol. The van der Waals surface area contributed by atoms with Crippen LogP contribution in [0.4, 0.5) is 0 Å². The lowest BCUT2D eigenvalue weighted by molar-refractivity contribution is -0.191. The topological polar surface area (TPSA) is 60.2 Å². The summed E-state index contributed by atoms with van der Waals surface area (Å²) in [5.41, 5.74) is 0. The third kappa shape index (κ3) is 5.26. The molecule has 0 aliphatic rings. The molecule has 0 radical (unpaired) electrons. The van der Waals surface area contributed by atoms with E-state index in [1.54, 1.807) is 17.3 Å². The molecule has 0 aliphatic carbocycles. The second-order valence-electron chi connectivity index (χ2n) is 1.25. The molecule has 0 amide bonds. The highest BCUT2D eigenvalue weighted by Gasteiger charge is 1.84. The average molecular weight is 218 g/mol. The number of carbonyl (C=O) groups excluding carboxylic acids is 2. The van der Waals surface area contributed by atoms with E-state index in [1.807, 2.05) is 0 Å². The van der Waals surface area contributed by atoms with Crippen molar-refractivity contribution < 1.29 is 14.0 Å². The van der Waals surface area contributed by atoms with Gasteiger partial charge in [0.1, 0.15) is 6.26 Å². The zero-order valence-electron chi connectivity index (χ0n) is 5.36. The summed E-state index contributed by atoms with van der Waals surface area (Å²) in [6.45, 7) is 0. The maximum Gasteiger partial charge on any atom is 0.373 e. The van der Waals surface area contributed by atoms with Crippen LogP contribution in [0.2, 0.25) is 0 Å². The Kier molecular flexibility index (Phi) is 6.17. The van der Waals surface area contributed by atoms with Gasteiger partial charge in [0.25, 0.3) is 0 Å². The minimum absolute atomic E-state index is 0.250. The van der Waals surface area contributed by atoms with Crippen molar-refractivity contribution in [1.82, 2.24) is 4.98 Å². The molecular formula is C6H4BrNO3. The summed E-state index contributed by atoms with van der Waals surface area (Å²) in [7, 11) is 0. The van der Waals surface area contributed by atoms with Crippen LogP contribution >= 0.6 is 15.9 Å². The molecule has 58 valence electrons. The standard InChI is InChI=1S/C5H4BrNO.CO2/c6-2-1-5-7-3-4-8-5;2-1-3/h1-4H;/b2-1-;. The van der Waals surface area contributed by atoms with Crippen molar-refractivity contribution in [1.29, 1.82) is 0 Å². The van der Waals surface area contributed by atoms with E-state index in [-0.39, 0.29) is 6.15 Å². The Labute approximate surface area is 71.0 Å². The van der Waals surface area contributed by atoms with Gasteiger partial charge in [-0.25, -0.2) is 4.98 Å². The van der Waals surface area contributed by atoms with Crippen LogP contribution in [0.3, 0.4) is 0 Å². The maximum atomic E-state index is 8.12. The molecule has 0 aromatic carbocycles. The first-order chi connectivity index (χ1) is 5.35. The summed E-state index contributed by atoms with van der Waals surface area (Å²) in [6, 6.07) is 0. The highest BCUT2D eigenvalue weighted by atomic mass is 79.9. The molecule has 4 nitrogen and oxygen atoms in total. The lowest BCUT2D eigenvalue weighted by Crippen LogP contribution is -1.62. The van der Waals surface area contributed by atoms with Crippen molar-refractivity contribution in [3.8, 4) is 0 Å². The van der Waals surface area contributed by atoms with E-state index >= 15 is 0 Å². The van der Waals surface area contributed by atoms with Crippen LogP contribution in [0.25, 0.3) is 6.08 Å². The van der Waals surface area contributed by atoms with Crippen molar-refractivity contribution in [2.75, 3.05) is 0 Å². The Morgan fingerprint density at radius 1 is 1.64 bits per heavy atom. The lowest BCUT2D eigenvalue weighted by atomic mass is 10.6. The summed E-state index contributed by atoms with van der Waals surface area (Å²) >= 11 is 3.09. The van der Waals surface area contributed by atoms with Gasteiger partial charge in [-0.3, -0.25) is 0 Å². The van der Waals surface area contributed by atoms with E-state index in [0.717, 1.165) is 0 Å². The largest absolute Gasteiger partial charge is 0.445 e. The van der Waals surface area contributed by atoms with Gasteiger partial charge in [-0.15, -0.1) is 0 Å². The van der Waals surface area contributed by atoms with Crippen molar-refractivity contribution in [3.05, 3.63) is 23.3 Å². The van der Waals surface area contributed by atoms with Crippen LogP contribution in [0, 0.1) is 0 Å². The molecule has 0 fully saturated rings. The van der Waals surface area contributed by atoms with E-state index in [9.17, 15) is 0 Å². The Bertz CT molecular complexity index is 236. The molecule has 0 spiro atoms. The molecule has 0 atom stereocenters. The van der Waals surface area contributed by atoms with Crippen LogP contribution in [0.1, 0.15) is 5.89 Å². The number of rotatable bonds is 1. The molecule has 1 heterocycles. The Hall–Kier alpha value is -1.19. The first-order valence-corrected chi connectivity index (χ1v) is 3.42. The van der Waals surface area contributed by atoms with Crippen LogP contribution in [0.15, 0.2) is 21.9 Å². The van der Waals surface area contributed by atoms with E-state index in [1.165, 1.54) is 6.26 Å². The molecule has 0 aliphatic heterocycles. The summed E-state index contributed by atoms with van der Waals surface area (Å²) in [4.78, 5) is 21.8. The molecule has 1 rings (SSSR count). The molecule has 5 heteroatoms. The smallest absolute Gasteiger partial charge is 0.373 e. The van der Waals surface area contributed by atoms with Gasteiger partial charge in [0.05, 0.1) is 6.20 Å². The number of aromatic nitrogens is 1. The van der Waals surface area contributed by atoms with E-state index in [0.29, 0.717) is 5.89 Å². The predicted molar refractivity (Wildman–Crippen MR) is 39.5 cm³/mol. The van der Waals surface area contributed by atoms with Crippen molar-refractivity contribution >= 4 is 28.2 Å². The summed E-state index contributed by atoms with van der Waals surface area (Å²) in [5.74, 6) is 0.613. The van der Waals surface area contributed by atoms with Crippen LogP contribution in [-0.4, -0.2) is 11.1 Å². The zero-order valence-corrected chi connectivity index (χ0v) is 6.95. The highest BCUT2D eigenvalue weighted by molar-refractivity contribution is 9.11. The van der Waals surface area contributed by atoms with Gasteiger partial charge < -0.3 is 4.42 Å². The predicted octanol–water partition coefficient (Wildman–Crippen LogP) is 1.46. The van der Waals surface area contributed by atoms with Crippen LogP contribution in [0.5, 0.6) is 0 Å². The van der Waals surface area contributed by atoms with E-state index < -0.39 is 0 Å². The van der Waals surface area contributed by atoms with Gasteiger partial charge in [-0.2, -0.15) is 9.59 Å². The normalized spacial score (nSPS) is 8.45. The molecule has 0 bridgehead atoms. The third-order valence-electron chi connectivity index (χ3n) is 0.657. The first kappa shape index (κ1) is 9.81. The van der Waals surface area contributed by atoms with Gasteiger partial charge >= 0.3 is 6.15 Å². The van der Waals surface area contributed by atoms with E-state index in [2.05, 4.69) is 20.9 Å². The number of hydrogen-bond donors (Lipinski definition) is 0. The minimum Gasteiger partial charge on any atom is -0.445 e. The number of halogens is 1. The maximum absolute atomic E-state index is 8.12. The molecule has 1 aromatic heterocycles. The van der Waals surface area contributed by atoms with Gasteiger partial charge in [-0.1, -0.05) is 15.9 Å². The van der Waals surface area contributed by atoms with Gasteiger partial charge in [0.15, 0.2) is 0 Å². The van der Waals surface area contributed by atoms with Crippen molar-refractivity contribution in [2.45, 2.75) is 0 Å². The van der Waals surface area contributed by atoms with Gasteiger partial charge in [-0.05, 0) is 4.99 Å². The molecule has 0 N–H and O–H groups in total. The number of hydrogen-bond acceptors (Lipinski definition) is 4. The Morgan fingerprint density at radius 3 is 2.64 bits per heavy atom. The van der Waals surface area contributed by atoms with Crippen LogP contribution < -0.4 is 0 Å². The summed E-state index contributed by atoms with van der Waals surface area (Å²) in [5, 5.41) is 0. The fourth-order valence-electron chi connectivity index (χ4n) is 0.371. The average Bonchev–Trinajstić information content (AvgIpc) is 2.42. The summed E-state index contributed by atoms with van der Waals surface area (Å²) < 4.78 is 4.85. The third-order valence-corrected chi connectivity index (χ3v) is 0.921. The molecule has 0 saturated heterocycles. The zero-order chi connectivity index (χ0) is 8.53. The second-order valence-corrected chi connectivity index (χ2v) is 1.77. The van der Waals surface area contributed by atoms with Crippen molar-refractivity contribution in [3.63, 3.8) is 0 Å². The quantitative estimate of drug-likeness (QED) is 0.715. The highest BCUT2D eigenvalue weighted by Crippen LogP contribution is 1.98. The van der Waals surface area contributed by atoms with E-state index in [4.69, 9.17) is 14.0 Å². The number of nitrogens with zero attached hydrogens (tertiary/aromatic N) is 1. The Morgan fingerprint density at radius 2 is 2.27 bits per heavy atom. The molecule has 1 aromatic rings. The fraction of sp³-hybridized carbons (Fsp3) is 0. The molecule has 0 saturated carbocycles. The molecule has 0 unspecified atom stereocenters. The first-order valence-electron chi connectivity index (χ1n) is 2.50. The SMILES string of the molecule is Br/C=C\c1ncco1.O=C=O. The van der Waals surface area contributed by atoms with Crippen molar-refractivity contribution in [2.24, 2.45) is 0 Å². The Balaban J connectivity index is 0.000000292. The lowest BCUT2D eigenvalue weighted by Gasteiger charge is -1.73. The van der Waals surface area contributed by atoms with Gasteiger partial charge in [0, 0.05) is 6.08 Å². The minimum atomic E-state index is 0.250.